The number of non-ortho nitro benzene ring substituents is 1. The third kappa shape index (κ3) is 4.66. The Labute approximate surface area is 163 Å². The highest BCUT2D eigenvalue weighted by molar-refractivity contribution is 5.76. The molecule has 0 aliphatic carbocycles. The van der Waals surface area contributed by atoms with Gasteiger partial charge in [-0.2, -0.15) is 0 Å². The summed E-state index contributed by atoms with van der Waals surface area (Å²) in [5.74, 6) is 0.240. The number of nitrogens with zero attached hydrogens (tertiary/aromatic N) is 3. The summed E-state index contributed by atoms with van der Waals surface area (Å²) < 4.78 is 1.22. The molecule has 0 bridgehead atoms. The molecule has 0 spiro atoms. The lowest BCUT2D eigenvalue weighted by atomic mass is 10.3. The topological polar surface area (TPSA) is 168 Å². The number of nitrogens with one attached hydrogen (secondary N) is 4. The van der Waals surface area contributed by atoms with Crippen LogP contribution < -0.4 is 21.9 Å². The van der Waals surface area contributed by atoms with Crippen LogP contribution in [0.1, 0.15) is 12.2 Å². The smallest absolute Gasteiger partial charge is 0.329 e. The highest BCUT2D eigenvalue weighted by Gasteiger charge is 2.12. The van der Waals surface area contributed by atoms with E-state index in [2.05, 4.69) is 25.6 Å². The number of benzene rings is 1. The molecule has 2 heterocycles. The molecule has 29 heavy (non-hydrogen) atoms. The molecule has 3 rings (SSSR count). The van der Waals surface area contributed by atoms with Crippen LogP contribution in [0.5, 0.6) is 0 Å². The minimum Gasteiger partial charge on any atom is -0.383 e. The first kappa shape index (κ1) is 19.8. The van der Waals surface area contributed by atoms with Gasteiger partial charge in [-0.25, -0.2) is 9.78 Å². The van der Waals surface area contributed by atoms with Gasteiger partial charge < -0.3 is 15.6 Å². The molecule has 152 valence electrons. The van der Waals surface area contributed by atoms with Crippen LogP contribution in [0.2, 0.25) is 0 Å². The van der Waals surface area contributed by atoms with Crippen LogP contribution in [0.15, 0.2) is 33.9 Å². The lowest BCUT2D eigenvalue weighted by Crippen LogP contribution is -2.29. The molecule has 0 fully saturated rings. The maximum absolute atomic E-state index is 12.0. The predicted octanol–water partition coefficient (Wildman–Crippen LogP) is 0.0190. The van der Waals surface area contributed by atoms with Crippen molar-refractivity contribution in [1.82, 2.24) is 24.8 Å². The number of nitro groups is 1. The molecule has 0 saturated carbocycles. The summed E-state index contributed by atoms with van der Waals surface area (Å²) in [4.78, 5) is 54.7. The number of carbonyl (C=O) groups excluding carboxylic acids is 1. The summed E-state index contributed by atoms with van der Waals surface area (Å²) in [6, 6.07) is 5.98. The fraction of sp³-hybridized carbons (Fsp3) is 0.294. The summed E-state index contributed by atoms with van der Waals surface area (Å²) >= 11 is 0. The summed E-state index contributed by atoms with van der Waals surface area (Å²) in [5.41, 5.74) is 0.0400. The van der Waals surface area contributed by atoms with Crippen LogP contribution in [0.3, 0.4) is 0 Å². The van der Waals surface area contributed by atoms with Crippen LogP contribution in [0, 0.1) is 10.1 Å². The van der Waals surface area contributed by atoms with E-state index in [1.165, 1.54) is 23.7 Å². The second-order valence-electron chi connectivity index (χ2n) is 6.28. The van der Waals surface area contributed by atoms with Crippen molar-refractivity contribution in [3.63, 3.8) is 0 Å². The number of anilines is 1. The van der Waals surface area contributed by atoms with Gasteiger partial charge in [-0.3, -0.25) is 29.3 Å². The molecule has 0 aliphatic heterocycles. The van der Waals surface area contributed by atoms with Gasteiger partial charge in [0, 0.05) is 50.8 Å². The standard InChI is InChI=1S/C17H19N7O5/c1-23-15-14(16(26)22-17(23)27)20-12(21-15)6-7-13(25)19-9-8-18-10-2-4-11(5-3-10)24(28)29/h2-5,18H,6-9H2,1H3,(H,19,25)(H,20,21)(H,22,26,27). The third-order valence-corrected chi connectivity index (χ3v) is 4.25. The van der Waals surface area contributed by atoms with Crippen LogP contribution in [-0.4, -0.2) is 43.4 Å². The summed E-state index contributed by atoms with van der Waals surface area (Å²) in [7, 11) is 1.50. The number of hydrogen-bond donors (Lipinski definition) is 4. The highest BCUT2D eigenvalue weighted by Crippen LogP contribution is 2.14. The molecule has 3 aromatic rings. The van der Waals surface area contributed by atoms with Crippen LogP contribution >= 0.6 is 0 Å². The summed E-state index contributed by atoms with van der Waals surface area (Å²) in [5, 5.41) is 16.4. The Hall–Kier alpha value is -3.96. The zero-order valence-electron chi connectivity index (χ0n) is 15.5. The van der Waals surface area contributed by atoms with Crippen molar-refractivity contribution < 1.29 is 9.72 Å². The predicted molar refractivity (Wildman–Crippen MR) is 105 cm³/mol. The maximum Gasteiger partial charge on any atom is 0.329 e. The van der Waals surface area contributed by atoms with E-state index in [9.17, 15) is 24.5 Å². The zero-order valence-corrected chi connectivity index (χ0v) is 15.5. The van der Waals surface area contributed by atoms with Crippen LogP contribution in [-0.2, 0) is 18.3 Å². The van der Waals surface area contributed by atoms with Crippen molar-refractivity contribution in [1.29, 1.82) is 0 Å². The fourth-order valence-electron chi connectivity index (χ4n) is 2.70. The highest BCUT2D eigenvalue weighted by atomic mass is 16.6. The number of H-pyrrole nitrogens is 2. The first-order valence-corrected chi connectivity index (χ1v) is 8.78. The van der Waals surface area contributed by atoms with E-state index in [-0.39, 0.29) is 35.6 Å². The van der Waals surface area contributed by atoms with E-state index in [0.717, 1.165) is 0 Å². The van der Waals surface area contributed by atoms with E-state index in [0.29, 0.717) is 24.6 Å². The Morgan fingerprint density at radius 3 is 2.62 bits per heavy atom. The molecule has 12 heteroatoms. The van der Waals surface area contributed by atoms with Crippen molar-refractivity contribution in [3.05, 3.63) is 61.0 Å². The van der Waals surface area contributed by atoms with E-state index >= 15 is 0 Å². The molecule has 2 aromatic heterocycles. The second kappa shape index (κ2) is 8.37. The largest absolute Gasteiger partial charge is 0.383 e. The number of amides is 1. The van der Waals surface area contributed by atoms with E-state index in [1.54, 1.807) is 12.1 Å². The van der Waals surface area contributed by atoms with Gasteiger partial charge in [0.05, 0.1) is 4.92 Å². The van der Waals surface area contributed by atoms with Crippen molar-refractivity contribution >= 4 is 28.4 Å². The van der Waals surface area contributed by atoms with Gasteiger partial charge in [0.15, 0.2) is 5.65 Å². The van der Waals surface area contributed by atoms with Crippen molar-refractivity contribution in [2.75, 3.05) is 18.4 Å². The minimum atomic E-state index is -0.557. The van der Waals surface area contributed by atoms with Gasteiger partial charge in [0.1, 0.15) is 11.3 Å². The first-order valence-electron chi connectivity index (χ1n) is 8.78. The number of carbonyl (C=O) groups is 1. The number of aromatic amines is 2. The molecule has 1 aromatic carbocycles. The van der Waals surface area contributed by atoms with E-state index < -0.39 is 16.2 Å². The Morgan fingerprint density at radius 1 is 1.21 bits per heavy atom. The van der Waals surface area contributed by atoms with Crippen molar-refractivity contribution in [2.45, 2.75) is 12.8 Å². The number of nitro benzene ring substituents is 1. The number of imidazole rings is 1. The van der Waals surface area contributed by atoms with Crippen molar-refractivity contribution in [3.8, 4) is 0 Å². The molecular weight excluding hydrogens is 382 g/mol. The van der Waals surface area contributed by atoms with Gasteiger partial charge in [0.25, 0.3) is 11.2 Å². The number of fused-ring (bicyclic) bond motifs is 1. The monoisotopic (exact) mass is 401 g/mol. The Bertz CT molecular complexity index is 1160. The van der Waals surface area contributed by atoms with Crippen LogP contribution in [0.25, 0.3) is 11.2 Å². The number of hydrogen-bond acceptors (Lipinski definition) is 7. The minimum absolute atomic E-state index is 0.0106. The number of aryl methyl sites for hydroxylation is 2. The Morgan fingerprint density at radius 2 is 1.93 bits per heavy atom. The number of aromatic nitrogens is 4. The van der Waals surface area contributed by atoms with Gasteiger partial charge in [-0.15, -0.1) is 0 Å². The third-order valence-electron chi connectivity index (χ3n) is 4.25. The van der Waals surface area contributed by atoms with E-state index in [1.807, 2.05) is 0 Å². The Kier molecular flexibility index (Phi) is 5.71. The quantitative estimate of drug-likeness (QED) is 0.234. The average molecular weight is 401 g/mol. The molecule has 0 unspecified atom stereocenters. The molecule has 0 radical (unpaired) electrons. The molecule has 1 amide bonds. The fourth-order valence-corrected chi connectivity index (χ4v) is 2.70. The van der Waals surface area contributed by atoms with Crippen molar-refractivity contribution in [2.24, 2.45) is 7.05 Å². The van der Waals surface area contributed by atoms with Gasteiger partial charge >= 0.3 is 5.69 Å². The zero-order chi connectivity index (χ0) is 21.0. The molecular formula is C17H19N7O5. The SMILES string of the molecule is Cn1c(=O)[nH]c(=O)c2[nH]c(CCC(=O)NCCNc3ccc([N+](=O)[O-])cc3)nc21. The molecule has 0 aliphatic rings. The first-order chi connectivity index (χ1) is 13.8. The van der Waals surface area contributed by atoms with Crippen LogP contribution in [0.4, 0.5) is 11.4 Å². The lowest BCUT2D eigenvalue weighted by Gasteiger charge is -2.07. The average Bonchev–Trinajstić information content (AvgIpc) is 3.13. The van der Waals surface area contributed by atoms with Gasteiger partial charge in [-0.1, -0.05) is 0 Å². The van der Waals surface area contributed by atoms with Gasteiger partial charge in [0.2, 0.25) is 5.91 Å². The Balaban J connectivity index is 1.45. The molecule has 4 N–H and O–H groups in total. The number of rotatable bonds is 8. The van der Waals surface area contributed by atoms with E-state index in [4.69, 9.17) is 0 Å². The normalized spacial score (nSPS) is 10.8. The summed E-state index contributed by atoms with van der Waals surface area (Å²) in [6.07, 6.45) is 0.438. The second-order valence-corrected chi connectivity index (χ2v) is 6.28. The molecule has 0 saturated heterocycles. The summed E-state index contributed by atoms with van der Waals surface area (Å²) in [6.45, 7) is 0.815. The molecule has 0 atom stereocenters. The molecule has 12 nitrogen and oxygen atoms in total. The maximum atomic E-state index is 12.0. The van der Waals surface area contributed by atoms with Gasteiger partial charge in [-0.05, 0) is 12.1 Å². The lowest BCUT2D eigenvalue weighted by molar-refractivity contribution is -0.384.